The molecule has 1 aromatic carbocycles. The first kappa shape index (κ1) is 13.9. The fourth-order valence-electron chi connectivity index (χ4n) is 2.72. The van der Waals surface area contributed by atoms with Crippen molar-refractivity contribution in [2.24, 2.45) is 0 Å². The summed E-state index contributed by atoms with van der Waals surface area (Å²) < 4.78 is 10.4. The minimum atomic E-state index is -0.304. The van der Waals surface area contributed by atoms with Gasteiger partial charge in [-0.15, -0.1) is 0 Å². The Morgan fingerprint density at radius 2 is 2.11 bits per heavy atom. The normalized spacial score (nSPS) is 20.6. The van der Waals surface area contributed by atoms with E-state index >= 15 is 0 Å². The Kier molecular flexibility index (Phi) is 4.80. The number of ether oxygens (including phenoxy) is 2. The highest BCUT2D eigenvalue weighted by molar-refractivity contribution is 5.80. The van der Waals surface area contributed by atoms with Crippen LogP contribution in [0.5, 0.6) is 5.75 Å². The van der Waals surface area contributed by atoms with E-state index in [4.69, 9.17) is 9.47 Å². The van der Waals surface area contributed by atoms with Gasteiger partial charge >= 0.3 is 5.97 Å². The summed E-state index contributed by atoms with van der Waals surface area (Å²) in [5.74, 6) is 0.232. The van der Waals surface area contributed by atoms with Gasteiger partial charge in [-0.2, -0.15) is 0 Å². The van der Waals surface area contributed by atoms with Crippen molar-refractivity contribution in [3.8, 4) is 5.75 Å². The second-order valence-electron chi connectivity index (χ2n) is 4.80. The molecule has 0 aliphatic carbocycles. The molecule has 1 heterocycles. The average molecular weight is 263 g/mol. The van der Waals surface area contributed by atoms with E-state index in [1.54, 1.807) is 7.11 Å². The molecule has 1 fully saturated rings. The molecule has 1 saturated heterocycles. The van der Waals surface area contributed by atoms with Crippen LogP contribution in [0.4, 0.5) is 0 Å². The zero-order valence-corrected chi connectivity index (χ0v) is 11.5. The fourth-order valence-corrected chi connectivity index (χ4v) is 2.72. The highest BCUT2D eigenvalue weighted by Crippen LogP contribution is 2.32. The van der Waals surface area contributed by atoms with Crippen LogP contribution in [0.2, 0.25) is 0 Å². The molecule has 0 aromatic heterocycles. The molecule has 0 saturated carbocycles. The molecule has 1 aromatic rings. The maximum atomic E-state index is 12.2. The first-order valence-electron chi connectivity index (χ1n) is 6.72. The third-order valence-electron chi connectivity index (χ3n) is 3.68. The topological polar surface area (TPSA) is 47.6 Å². The highest BCUT2D eigenvalue weighted by atomic mass is 16.5. The fraction of sp³-hybridized carbons (Fsp3) is 0.533. The number of carbonyl (C=O) groups excluding carboxylic acids is 1. The van der Waals surface area contributed by atoms with Crippen LogP contribution in [-0.4, -0.2) is 32.8 Å². The minimum Gasteiger partial charge on any atom is -0.496 e. The van der Waals surface area contributed by atoms with Gasteiger partial charge in [-0.1, -0.05) is 24.6 Å². The molecular formula is C15H21NO3. The van der Waals surface area contributed by atoms with Crippen LogP contribution in [0.3, 0.4) is 0 Å². The molecule has 1 unspecified atom stereocenters. The predicted octanol–water partition coefficient (Wildman–Crippen LogP) is 2.09. The Bertz CT molecular complexity index is 427. The van der Waals surface area contributed by atoms with E-state index in [-0.39, 0.29) is 17.9 Å². The summed E-state index contributed by atoms with van der Waals surface area (Å²) in [6.07, 6.45) is 3.29. The number of nitrogens with one attached hydrogen (secondary N) is 1. The summed E-state index contributed by atoms with van der Waals surface area (Å²) in [5, 5.41) is 3.43. The van der Waals surface area contributed by atoms with Gasteiger partial charge in [0.2, 0.25) is 0 Å². The second-order valence-corrected chi connectivity index (χ2v) is 4.80. The molecule has 0 amide bonds. The van der Waals surface area contributed by atoms with Gasteiger partial charge in [-0.3, -0.25) is 4.79 Å². The lowest BCUT2D eigenvalue weighted by atomic mass is 9.86. The number of piperidine rings is 1. The van der Waals surface area contributed by atoms with E-state index in [1.165, 1.54) is 7.11 Å². The van der Waals surface area contributed by atoms with Crippen molar-refractivity contribution in [2.45, 2.75) is 31.2 Å². The van der Waals surface area contributed by atoms with Crippen LogP contribution in [0, 0.1) is 0 Å². The van der Waals surface area contributed by atoms with Crippen molar-refractivity contribution in [3.63, 3.8) is 0 Å². The lowest BCUT2D eigenvalue weighted by Crippen LogP contribution is -2.42. The Labute approximate surface area is 114 Å². The number of benzene rings is 1. The van der Waals surface area contributed by atoms with Crippen molar-refractivity contribution >= 4 is 5.97 Å². The molecule has 104 valence electrons. The van der Waals surface area contributed by atoms with Crippen LogP contribution in [0.1, 0.15) is 30.7 Å². The Morgan fingerprint density at radius 1 is 1.32 bits per heavy atom. The zero-order chi connectivity index (χ0) is 13.7. The number of rotatable bonds is 4. The van der Waals surface area contributed by atoms with E-state index in [0.29, 0.717) is 0 Å². The Hall–Kier alpha value is -1.55. The van der Waals surface area contributed by atoms with Gasteiger partial charge < -0.3 is 14.8 Å². The number of para-hydroxylation sites is 1. The molecule has 1 aliphatic rings. The van der Waals surface area contributed by atoms with Gasteiger partial charge in [0.25, 0.3) is 0 Å². The first-order valence-corrected chi connectivity index (χ1v) is 6.72. The molecule has 2 atom stereocenters. The molecular weight excluding hydrogens is 242 g/mol. The first-order chi connectivity index (χ1) is 9.27. The summed E-state index contributed by atoms with van der Waals surface area (Å²) in [4.78, 5) is 12.2. The van der Waals surface area contributed by atoms with Crippen molar-refractivity contribution in [1.82, 2.24) is 5.32 Å². The summed E-state index contributed by atoms with van der Waals surface area (Å²) in [7, 11) is 3.06. The smallest absolute Gasteiger partial charge is 0.314 e. The third kappa shape index (κ3) is 3.07. The van der Waals surface area contributed by atoms with Crippen LogP contribution >= 0.6 is 0 Å². The molecule has 0 bridgehead atoms. The number of esters is 1. The number of carbonyl (C=O) groups is 1. The van der Waals surface area contributed by atoms with Crippen molar-refractivity contribution in [3.05, 3.63) is 29.8 Å². The highest BCUT2D eigenvalue weighted by Gasteiger charge is 2.33. The second kappa shape index (κ2) is 6.57. The predicted molar refractivity (Wildman–Crippen MR) is 73.4 cm³/mol. The van der Waals surface area contributed by atoms with Crippen molar-refractivity contribution in [1.29, 1.82) is 0 Å². The summed E-state index contributed by atoms with van der Waals surface area (Å²) >= 11 is 0. The lowest BCUT2D eigenvalue weighted by molar-refractivity contribution is -0.143. The number of hydrogen-bond acceptors (Lipinski definition) is 4. The van der Waals surface area contributed by atoms with Crippen LogP contribution < -0.4 is 10.1 Å². The van der Waals surface area contributed by atoms with E-state index in [9.17, 15) is 4.79 Å². The van der Waals surface area contributed by atoms with E-state index in [0.717, 1.165) is 37.1 Å². The standard InChI is InChI=1S/C15H21NO3/c1-18-13-9-4-3-7-11(13)14(15(17)19-2)12-8-5-6-10-16-12/h3-4,7,9,12,14,16H,5-6,8,10H2,1-2H3/t12?,14-/m0/s1. The van der Waals surface area contributed by atoms with E-state index < -0.39 is 0 Å². The Balaban J connectivity index is 2.33. The number of hydrogen-bond donors (Lipinski definition) is 1. The number of methoxy groups -OCH3 is 2. The largest absolute Gasteiger partial charge is 0.496 e. The molecule has 1 N–H and O–H groups in total. The molecule has 1 aliphatic heterocycles. The summed E-state index contributed by atoms with van der Waals surface area (Å²) in [6.45, 7) is 0.952. The van der Waals surface area contributed by atoms with Gasteiger partial charge in [0, 0.05) is 11.6 Å². The lowest BCUT2D eigenvalue weighted by Gasteiger charge is -2.30. The molecule has 0 spiro atoms. The minimum absolute atomic E-state index is 0.123. The van der Waals surface area contributed by atoms with Crippen LogP contribution in [0.25, 0.3) is 0 Å². The third-order valence-corrected chi connectivity index (χ3v) is 3.68. The van der Waals surface area contributed by atoms with E-state index in [1.807, 2.05) is 24.3 Å². The van der Waals surface area contributed by atoms with Gasteiger partial charge in [-0.05, 0) is 25.5 Å². The van der Waals surface area contributed by atoms with Crippen molar-refractivity contribution < 1.29 is 14.3 Å². The van der Waals surface area contributed by atoms with Crippen LogP contribution in [0.15, 0.2) is 24.3 Å². The maximum absolute atomic E-state index is 12.2. The molecule has 19 heavy (non-hydrogen) atoms. The van der Waals surface area contributed by atoms with Crippen molar-refractivity contribution in [2.75, 3.05) is 20.8 Å². The summed E-state index contributed by atoms with van der Waals surface area (Å²) in [5.41, 5.74) is 0.899. The van der Waals surface area contributed by atoms with Gasteiger partial charge in [0.05, 0.1) is 14.2 Å². The van der Waals surface area contributed by atoms with E-state index in [2.05, 4.69) is 5.32 Å². The monoisotopic (exact) mass is 263 g/mol. The molecule has 0 radical (unpaired) electrons. The van der Waals surface area contributed by atoms with Crippen LogP contribution in [-0.2, 0) is 9.53 Å². The quantitative estimate of drug-likeness (QED) is 0.845. The zero-order valence-electron chi connectivity index (χ0n) is 11.5. The summed E-state index contributed by atoms with van der Waals surface area (Å²) in [6, 6.07) is 7.78. The SMILES string of the molecule is COC(=O)[C@@H](c1ccccc1OC)C1CCCCN1. The molecule has 4 nitrogen and oxygen atoms in total. The van der Waals surface area contributed by atoms with Gasteiger partial charge in [0.1, 0.15) is 11.7 Å². The molecule has 2 rings (SSSR count). The van der Waals surface area contributed by atoms with Gasteiger partial charge in [0.15, 0.2) is 0 Å². The average Bonchev–Trinajstić information content (AvgIpc) is 2.49. The van der Waals surface area contributed by atoms with Gasteiger partial charge in [-0.25, -0.2) is 0 Å². The Morgan fingerprint density at radius 3 is 2.74 bits per heavy atom. The molecule has 4 heteroatoms. The maximum Gasteiger partial charge on any atom is 0.314 e.